The number of fused-ring (bicyclic) bond motifs is 1. The first-order valence-electron chi connectivity index (χ1n) is 6.47. The van der Waals surface area contributed by atoms with E-state index in [2.05, 4.69) is 0 Å². The van der Waals surface area contributed by atoms with Crippen LogP contribution >= 0.6 is 12.2 Å². The van der Waals surface area contributed by atoms with E-state index in [-0.39, 0.29) is 16.2 Å². The average Bonchev–Trinajstić information content (AvgIpc) is 2.72. The number of hydrogen-bond donors (Lipinski definition) is 1. The monoisotopic (exact) mass is 307 g/mol. The Kier molecular flexibility index (Phi) is 3.26. The molecule has 0 bridgehead atoms. The summed E-state index contributed by atoms with van der Waals surface area (Å²) in [6.45, 7) is 0.619. The fourth-order valence-corrected chi connectivity index (χ4v) is 3.04. The molecular weight excluding hydrogens is 296 g/mol. The molecule has 2 heterocycles. The summed E-state index contributed by atoms with van der Waals surface area (Å²) in [5.74, 6) is -2.09. The number of imidazole rings is 1. The summed E-state index contributed by atoms with van der Waals surface area (Å²) in [4.78, 5) is 0. The molecule has 1 aliphatic heterocycles. The number of nitrogens with zero attached hydrogens (tertiary/aromatic N) is 3. The maximum Gasteiger partial charge on any atom is 0.218 e. The van der Waals surface area contributed by atoms with Gasteiger partial charge in [0.05, 0.1) is 17.3 Å². The number of aromatic nitrogens is 2. The van der Waals surface area contributed by atoms with Crippen molar-refractivity contribution in [3.05, 3.63) is 39.8 Å². The third-order valence-corrected chi connectivity index (χ3v) is 4.04. The van der Waals surface area contributed by atoms with Crippen molar-refractivity contribution in [1.82, 2.24) is 9.13 Å². The Morgan fingerprint density at radius 1 is 1.24 bits per heavy atom. The number of hydrogen-bond acceptors (Lipinski definition) is 3. The molecular formula is C14H11F2N3OS. The summed E-state index contributed by atoms with van der Waals surface area (Å²) in [5.41, 5.74) is 0.0246. The van der Waals surface area contributed by atoms with Crippen molar-refractivity contribution in [1.29, 1.82) is 5.26 Å². The molecule has 0 unspecified atom stereocenters. The zero-order valence-corrected chi connectivity index (χ0v) is 11.8. The number of rotatable bonds is 1. The lowest BCUT2D eigenvalue weighted by Crippen LogP contribution is -2.09. The van der Waals surface area contributed by atoms with E-state index in [0.29, 0.717) is 18.7 Å². The molecule has 0 amide bonds. The Labute approximate surface area is 124 Å². The number of halogens is 2. The van der Waals surface area contributed by atoms with Gasteiger partial charge in [-0.05, 0) is 43.6 Å². The summed E-state index contributed by atoms with van der Waals surface area (Å²) in [5, 5.41) is 19.0. The lowest BCUT2D eigenvalue weighted by molar-refractivity contribution is 0.421. The van der Waals surface area contributed by atoms with Gasteiger partial charge in [0, 0.05) is 6.54 Å². The molecule has 1 N–H and O–H groups in total. The smallest absolute Gasteiger partial charge is 0.218 e. The molecule has 2 aromatic rings. The highest BCUT2D eigenvalue weighted by molar-refractivity contribution is 7.71. The molecule has 0 radical (unpaired) electrons. The Morgan fingerprint density at radius 3 is 2.48 bits per heavy atom. The van der Waals surface area contributed by atoms with Gasteiger partial charge in [-0.15, -0.1) is 0 Å². The molecule has 1 aromatic carbocycles. The molecule has 7 heteroatoms. The van der Waals surface area contributed by atoms with Crippen LogP contribution in [0.2, 0.25) is 0 Å². The van der Waals surface area contributed by atoms with Crippen LogP contribution < -0.4 is 0 Å². The second kappa shape index (κ2) is 4.97. The van der Waals surface area contributed by atoms with Crippen LogP contribution in [0.4, 0.5) is 8.78 Å². The largest absolute Gasteiger partial charge is 0.493 e. The van der Waals surface area contributed by atoms with Crippen LogP contribution in [0.1, 0.15) is 24.1 Å². The Bertz CT molecular complexity index is 809. The van der Waals surface area contributed by atoms with Gasteiger partial charge in [-0.1, -0.05) is 0 Å². The molecule has 21 heavy (non-hydrogen) atoms. The summed E-state index contributed by atoms with van der Waals surface area (Å²) >= 11 is 5.23. The van der Waals surface area contributed by atoms with Crippen molar-refractivity contribution in [2.24, 2.45) is 0 Å². The van der Waals surface area contributed by atoms with Crippen LogP contribution in [0.5, 0.6) is 5.88 Å². The van der Waals surface area contributed by atoms with E-state index in [1.807, 2.05) is 0 Å². The molecule has 0 spiro atoms. The minimum Gasteiger partial charge on any atom is -0.493 e. The lowest BCUT2D eigenvalue weighted by atomic mass is 10.1. The van der Waals surface area contributed by atoms with Gasteiger partial charge >= 0.3 is 0 Å². The Hall–Kier alpha value is -2.20. The number of nitriles is 1. The first kappa shape index (κ1) is 13.8. The standard InChI is InChI=1S/C14H11F2N3OS/c15-9-5-8(7-17)6-10(16)12(9)19-13(20)11-3-1-2-4-18(11)14(19)21/h5-6,20H,1-4H2. The first-order valence-corrected chi connectivity index (χ1v) is 6.88. The van der Waals surface area contributed by atoms with Crippen LogP contribution in [-0.2, 0) is 13.0 Å². The predicted octanol–water partition coefficient (Wildman–Crippen LogP) is 3.20. The van der Waals surface area contributed by atoms with Gasteiger partial charge in [0.2, 0.25) is 5.88 Å². The second-order valence-electron chi connectivity index (χ2n) is 4.90. The minimum atomic E-state index is -0.930. The van der Waals surface area contributed by atoms with Crippen molar-refractivity contribution < 1.29 is 13.9 Å². The Morgan fingerprint density at radius 2 is 1.90 bits per heavy atom. The summed E-state index contributed by atoms with van der Waals surface area (Å²) < 4.78 is 31.1. The van der Waals surface area contributed by atoms with E-state index in [1.165, 1.54) is 0 Å². The highest BCUT2D eigenvalue weighted by Gasteiger charge is 2.24. The van der Waals surface area contributed by atoms with Crippen molar-refractivity contribution in [2.75, 3.05) is 0 Å². The fraction of sp³-hybridized carbons (Fsp3) is 0.286. The molecule has 4 nitrogen and oxygen atoms in total. The van der Waals surface area contributed by atoms with Crippen LogP contribution in [0.15, 0.2) is 12.1 Å². The third-order valence-electron chi connectivity index (χ3n) is 3.63. The zero-order chi connectivity index (χ0) is 15.1. The first-order chi connectivity index (χ1) is 10.0. The molecule has 1 aliphatic rings. The molecule has 0 fully saturated rings. The van der Waals surface area contributed by atoms with Gasteiger partial charge in [0.25, 0.3) is 0 Å². The van der Waals surface area contributed by atoms with Gasteiger partial charge in [-0.25, -0.2) is 13.3 Å². The van der Waals surface area contributed by atoms with Crippen molar-refractivity contribution in [3.8, 4) is 17.6 Å². The topological polar surface area (TPSA) is 53.9 Å². The molecule has 3 rings (SSSR count). The highest BCUT2D eigenvalue weighted by Crippen LogP contribution is 2.32. The van der Waals surface area contributed by atoms with Crippen LogP contribution in [0, 0.1) is 27.7 Å². The van der Waals surface area contributed by atoms with E-state index in [1.54, 1.807) is 10.6 Å². The number of aromatic hydroxyl groups is 1. The van der Waals surface area contributed by atoms with Gasteiger partial charge in [-0.3, -0.25) is 0 Å². The van der Waals surface area contributed by atoms with Gasteiger partial charge in [0.1, 0.15) is 5.69 Å². The predicted molar refractivity (Wildman–Crippen MR) is 73.8 cm³/mol. The molecule has 1 aromatic heterocycles. The van der Waals surface area contributed by atoms with E-state index >= 15 is 0 Å². The second-order valence-corrected chi connectivity index (χ2v) is 5.26. The summed E-state index contributed by atoms with van der Waals surface area (Å²) in [7, 11) is 0. The fourth-order valence-electron chi connectivity index (χ4n) is 2.66. The normalized spacial score (nSPS) is 13.8. The molecule has 0 atom stereocenters. The SMILES string of the molecule is N#Cc1cc(F)c(-n2c(O)c3n(c2=S)CCCC3)c(F)c1. The quantitative estimate of drug-likeness (QED) is 0.823. The molecule has 0 saturated carbocycles. The summed E-state index contributed by atoms with van der Waals surface area (Å²) in [6.07, 6.45) is 2.41. The van der Waals surface area contributed by atoms with Crippen LogP contribution in [0.3, 0.4) is 0 Å². The van der Waals surface area contributed by atoms with E-state index in [4.69, 9.17) is 17.5 Å². The zero-order valence-electron chi connectivity index (χ0n) is 10.9. The van der Waals surface area contributed by atoms with Crippen molar-refractivity contribution >= 4 is 12.2 Å². The van der Waals surface area contributed by atoms with Crippen molar-refractivity contribution in [3.63, 3.8) is 0 Å². The highest BCUT2D eigenvalue weighted by atomic mass is 32.1. The maximum atomic E-state index is 14.1. The van der Waals surface area contributed by atoms with E-state index < -0.39 is 17.3 Å². The van der Waals surface area contributed by atoms with Crippen molar-refractivity contribution in [2.45, 2.75) is 25.8 Å². The molecule has 0 saturated heterocycles. The van der Waals surface area contributed by atoms with Gasteiger partial charge in [-0.2, -0.15) is 5.26 Å². The maximum absolute atomic E-state index is 14.1. The Balaban J connectivity index is 2.30. The van der Waals surface area contributed by atoms with E-state index in [0.717, 1.165) is 29.5 Å². The van der Waals surface area contributed by atoms with E-state index in [9.17, 15) is 13.9 Å². The lowest BCUT2D eigenvalue weighted by Gasteiger charge is -2.12. The van der Waals surface area contributed by atoms with Crippen LogP contribution in [0.25, 0.3) is 5.69 Å². The van der Waals surface area contributed by atoms with Gasteiger partial charge < -0.3 is 9.67 Å². The molecule has 108 valence electrons. The van der Waals surface area contributed by atoms with Crippen LogP contribution in [-0.4, -0.2) is 14.2 Å². The minimum absolute atomic E-state index is 0.122. The summed E-state index contributed by atoms with van der Waals surface area (Å²) in [6, 6.07) is 3.54. The van der Waals surface area contributed by atoms with Gasteiger partial charge in [0.15, 0.2) is 16.4 Å². The average molecular weight is 307 g/mol. The number of benzene rings is 1. The molecule has 0 aliphatic carbocycles. The third kappa shape index (κ3) is 2.03.